The van der Waals surface area contributed by atoms with Gasteiger partial charge in [0.2, 0.25) is 11.8 Å². The molecule has 1 saturated carbocycles. The minimum absolute atomic E-state index is 0.283. The standard InChI is InChI=1S/C22H24N2O5/c1-3-29-19(25)16-6-8-17(9-7-16)24-21(27)22(12-13-22)20(26)23-14-15-4-10-18(28-2)11-5-15/h4-11H,3,12-14H2,1-2H3,(H,23,26)(H,24,27). The van der Waals surface area contributed by atoms with Gasteiger partial charge in [0.15, 0.2) is 0 Å². The molecule has 152 valence electrons. The topological polar surface area (TPSA) is 93.7 Å². The first-order valence-electron chi connectivity index (χ1n) is 9.48. The lowest BCUT2D eigenvalue weighted by molar-refractivity contribution is -0.134. The van der Waals surface area contributed by atoms with Crippen molar-refractivity contribution >= 4 is 23.5 Å². The van der Waals surface area contributed by atoms with E-state index in [2.05, 4.69) is 10.6 Å². The number of anilines is 1. The molecule has 0 heterocycles. The Bertz CT molecular complexity index is 886. The number of amides is 2. The first-order chi connectivity index (χ1) is 14.0. The molecule has 0 radical (unpaired) electrons. The van der Waals surface area contributed by atoms with E-state index in [-0.39, 0.29) is 11.8 Å². The van der Waals surface area contributed by atoms with Gasteiger partial charge in [-0.3, -0.25) is 9.59 Å². The highest BCUT2D eigenvalue weighted by molar-refractivity contribution is 6.13. The van der Waals surface area contributed by atoms with Crippen LogP contribution in [-0.4, -0.2) is 31.5 Å². The molecular formula is C22H24N2O5. The van der Waals surface area contributed by atoms with Crippen LogP contribution < -0.4 is 15.4 Å². The van der Waals surface area contributed by atoms with Crippen molar-refractivity contribution in [2.75, 3.05) is 19.0 Å². The molecular weight excluding hydrogens is 372 g/mol. The summed E-state index contributed by atoms with van der Waals surface area (Å²) in [7, 11) is 1.59. The van der Waals surface area contributed by atoms with Gasteiger partial charge >= 0.3 is 5.97 Å². The van der Waals surface area contributed by atoms with E-state index >= 15 is 0 Å². The maximum Gasteiger partial charge on any atom is 0.338 e. The third kappa shape index (κ3) is 4.74. The molecule has 0 aliphatic heterocycles. The highest BCUT2D eigenvalue weighted by atomic mass is 16.5. The normalized spacial score (nSPS) is 13.9. The van der Waals surface area contributed by atoms with E-state index in [1.165, 1.54) is 0 Å². The molecule has 7 heteroatoms. The molecule has 1 fully saturated rings. The molecule has 0 saturated heterocycles. The van der Waals surface area contributed by atoms with Crippen LogP contribution in [0.5, 0.6) is 5.75 Å². The zero-order valence-corrected chi connectivity index (χ0v) is 16.5. The molecule has 1 aliphatic carbocycles. The maximum absolute atomic E-state index is 12.7. The van der Waals surface area contributed by atoms with Crippen molar-refractivity contribution in [3.05, 3.63) is 59.7 Å². The van der Waals surface area contributed by atoms with Gasteiger partial charge in [-0.25, -0.2) is 4.79 Å². The van der Waals surface area contributed by atoms with Crippen molar-refractivity contribution in [1.82, 2.24) is 5.32 Å². The highest BCUT2D eigenvalue weighted by Crippen LogP contribution is 2.46. The van der Waals surface area contributed by atoms with Crippen LogP contribution in [0.25, 0.3) is 0 Å². The Kier molecular flexibility index (Phi) is 6.16. The summed E-state index contributed by atoms with van der Waals surface area (Å²) in [6.45, 7) is 2.37. The van der Waals surface area contributed by atoms with Crippen molar-refractivity contribution in [3.63, 3.8) is 0 Å². The lowest BCUT2D eigenvalue weighted by Gasteiger charge is -2.16. The highest BCUT2D eigenvalue weighted by Gasteiger charge is 2.56. The molecule has 0 unspecified atom stereocenters. The minimum atomic E-state index is -1.04. The number of methoxy groups -OCH3 is 1. The van der Waals surface area contributed by atoms with Crippen molar-refractivity contribution in [3.8, 4) is 5.75 Å². The number of carbonyl (C=O) groups is 3. The van der Waals surface area contributed by atoms with Gasteiger partial charge < -0.3 is 20.1 Å². The fraction of sp³-hybridized carbons (Fsp3) is 0.318. The molecule has 29 heavy (non-hydrogen) atoms. The van der Waals surface area contributed by atoms with Crippen molar-refractivity contribution in [2.24, 2.45) is 5.41 Å². The minimum Gasteiger partial charge on any atom is -0.497 e. The average Bonchev–Trinajstić information content (AvgIpc) is 3.55. The fourth-order valence-corrected chi connectivity index (χ4v) is 2.93. The van der Waals surface area contributed by atoms with E-state index < -0.39 is 11.4 Å². The molecule has 2 aromatic rings. The summed E-state index contributed by atoms with van der Waals surface area (Å²) in [4.78, 5) is 37.0. The van der Waals surface area contributed by atoms with Gasteiger partial charge in [-0.2, -0.15) is 0 Å². The Labute approximate surface area is 169 Å². The second-order valence-electron chi connectivity index (χ2n) is 6.86. The summed E-state index contributed by atoms with van der Waals surface area (Å²) in [6.07, 6.45) is 1.02. The molecule has 2 N–H and O–H groups in total. The Hall–Kier alpha value is -3.35. The number of esters is 1. The van der Waals surface area contributed by atoms with E-state index in [1.807, 2.05) is 24.3 Å². The predicted molar refractivity (Wildman–Crippen MR) is 108 cm³/mol. The summed E-state index contributed by atoms with van der Waals surface area (Å²) in [5.41, 5.74) is 0.817. The van der Waals surface area contributed by atoms with Crippen LogP contribution in [0.3, 0.4) is 0 Å². The van der Waals surface area contributed by atoms with E-state index in [0.717, 1.165) is 11.3 Å². The lowest BCUT2D eigenvalue weighted by atomic mass is 10.0. The van der Waals surface area contributed by atoms with E-state index in [1.54, 1.807) is 38.3 Å². The lowest BCUT2D eigenvalue weighted by Crippen LogP contribution is -2.39. The van der Waals surface area contributed by atoms with Crippen LogP contribution >= 0.6 is 0 Å². The quantitative estimate of drug-likeness (QED) is 0.529. The number of rotatable bonds is 8. The van der Waals surface area contributed by atoms with E-state index in [4.69, 9.17) is 9.47 Å². The Balaban J connectivity index is 1.56. The Morgan fingerprint density at radius 3 is 2.17 bits per heavy atom. The summed E-state index contributed by atoms with van der Waals surface area (Å²) in [5, 5.41) is 5.61. The van der Waals surface area contributed by atoms with Crippen molar-refractivity contribution in [1.29, 1.82) is 0 Å². The van der Waals surface area contributed by atoms with Gasteiger partial charge in [0, 0.05) is 12.2 Å². The molecule has 0 aromatic heterocycles. The molecule has 2 amide bonds. The van der Waals surface area contributed by atoms with Crippen LogP contribution in [0.4, 0.5) is 5.69 Å². The van der Waals surface area contributed by atoms with E-state index in [0.29, 0.717) is 37.2 Å². The molecule has 7 nitrogen and oxygen atoms in total. The molecule has 1 aliphatic rings. The fourth-order valence-electron chi connectivity index (χ4n) is 2.93. The summed E-state index contributed by atoms with van der Waals surface area (Å²) in [5.74, 6) is -0.295. The second kappa shape index (κ2) is 8.77. The van der Waals surface area contributed by atoms with Gasteiger partial charge in [0.1, 0.15) is 11.2 Å². The molecule has 0 spiro atoms. The Morgan fingerprint density at radius 2 is 1.62 bits per heavy atom. The first kappa shape index (κ1) is 20.4. The number of nitrogens with one attached hydrogen (secondary N) is 2. The molecule has 2 aromatic carbocycles. The second-order valence-corrected chi connectivity index (χ2v) is 6.86. The maximum atomic E-state index is 12.7. The Morgan fingerprint density at radius 1 is 0.966 bits per heavy atom. The summed E-state index contributed by atoms with van der Waals surface area (Å²) < 4.78 is 10.0. The van der Waals surface area contributed by atoms with Gasteiger partial charge in [-0.05, 0) is 61.7 Å². The van der Waals surface area contributed by atoms with Crippen LogP contribution in [0.15, 0.2) is 48.5 Å². The first-order valence-corrected chi connectivity index (χ1v) is 9.48. The van der Waals surface area contributed by atoms with Gasteiger partial charge in [0.25, 0.3) is 0 Å². The van der Waals surface area contributed by atoms with Crippen LogP contribution in [0.1, 0.15) is 35.7 Å². The zero-order valence-electron chi connectivity index (χ0n) is 16.5. The largest absolute Gasteiger partial charge is 0.497 e. The third-order valence-electron chi connectivity index (χ3n) is 4.89. The number of benzene rings is 2. The van der Waals surface area contributed by atoms with Gasteiger partial charge in [-0.1, -0.05) is 12.1 Å². The third-order valence-corrected chi connectivity index (χ3v) is 4.89. The average molecular weight is 396 g/mol. The molecule has 0 bridgehead atoms. The van der Waals surface area contributed by atoms with Crippen molar-refractivity contribution in [2.45, 2.75) is 26.3 Å². The van der Waals surface area contributed by atoms with Crippen LogP contribution in [-0.2, 0) is 20.9 Å². The molecule has 0 atom stereocenters. The summed E-state index contributed by atoms with van der Waals surface area (Å²) in [6, 6.07) is 13.8. The monoisotopic (exact) mass is 396 g/mol. The SMILES string of the molecule is CCOC(=O)c1ccc(NC(=O)C2(C(=O)NCc3ccc(OC)cc3)CC2)cc1. The van der Waals surface area contributed by atoms with Gasteiger partial charge in [-0.15, -0.1) is 0 Å². The van der Waals surface area contributed by atoms with Crippen molar-refractivity contribution < 1.29 is 23.9 Å². The predicted octanol–water partition coefficient (Wildman–Crippen LogP) is 2.91. The molecule has 3 rings (SSSR count). The van der Waals surface area contributed by atoms with E-state index in [9.17, 15) is 14.4 Å². The number of hydrogen-bond acceptors (Lipinski definition) is 5. The smallest absolute Gasteiger partial charge is 0.338 e. The summed E-state index contributed by atoms with van der Waals surface area (Å²) >= 11 is 0. The van der Waals surface area contributed by atoms with Crippen LogP contribution in [0, 0.1) is 5.41 Å². The van der Waals surface area contributed by atoms with Gasteiger partial charge in [0.05, 0.1) is 19.3 Å². The number of hydrogen-bond donors (Lipinski definition) is 2. The van der Waals surface area contributed by atoms with Crippen LogP contribution in [0.2, 0.25) is 0 Å². The number of ether oxygens (including phenoxy) is 2. The number of carbonyl (C=O) groups excluding carboxylic acids is 3. The zero-order chi connectivity index (χ0) is 20.9.